The summed E-state index contributed by atoms with van der Waals surface area (Å²) in [5.74, 6) is -0.0765. The van der Waals surface area contributed by atoms with E-state index >= 15 is 0 Å². The number of amides is 2. The molecule has 0 radical (unpaired) electrons. The lowest BCUT2D eigenvalue weighted by molar-refractivity contribution is -0.137. The van der Waals surface area contributed by atoms with Gasteiger partial charge >= 0.3 is 0 Å². The van der Waals surface area contributed by atoms with Crippen molar-refractivity contribution < 1.29 is 14.0 Å². The second kappa shape index (κ2) is 12.8. The van der Waals surface area contributed by atoms with Gasteiger partial charge in [-0.15, -0.1) is 0 Å². The molecule has 1 heterocycles. The number of hydrogen-bond donors (Lipinski definition) is 1. The molecule has 2 fully saturated rings. The van der Waals surface area contributed by atoms with E-state index in [-0.39, 0.29) is 23.7 Å². The minimum Gasteiger partial charge on any atom is -0.351 e. The van der Waals surface area contributed by atoms with Crippen LogP contribution in [0, 0.1) is 5.82 Å². The van der Waals surface area contributed by atoms with Crippen molar-refractivity contribution >= 4 is 11.8 Å². The van der Waals surface area contributed by atoms with Gasteiger partial charge in [-0.1, -0.05) is 61.7 Å². The smallest absolute Gasteiger partial charge is 0.237 e. The number of nitrogens with one attached hydrogen (secondary N) is 1. The molecule has 0 atom stereocenters. The summed E-state index contributed by atoms with van der Waals surface area (Å²) in [6, 6.07) is 16.7. The lowest BCUT2D eigenvalue weighted by Gasteiger charge is -2.38. The van der Waals surface area contributed by atoms with Crippen LogP contribution in [-0.2, 0) is 22.7 Å². The molecular formula is C28H37FN4O2. The Morgan fingerprint density at radius 1 is 0.829 bits per heavy atom. The molecule has 0 aromatic heterocycles. The number of piperazine rings is 1. The number of carbonyl (C=O) groups is 2. The van der Waals surface area contributed by atoms with Gasteiger partial charge in [0.2, 0.25) is 11.8 Å². The van der Waals surface area contributed by atoms with Gasteiger partial charge in [-0.25, -0.2) is 4.39 Å². The summed E-state index contributed by atoms with van der Waals surface area (Å²) in [4.78, 5) is 32.1. The Labute approximate surface area is 208 Å². The van der Waals surface area contributed by atoms with Crippen molar-refractivity contribution in [3.05, 3.63) is 71.5 Å². The molecule has 0 unspecified atom stereocenters. The first kappa shape index (κ1) is 25.3. The fraction of sp³-hybridized carbons (Fsp3) is 0.500. The van der Waals surface area contributed by atoms with E-state index in [1.165, 1.54) is 18.6 Å². The van der Waals surface area contributed by atoms with Gasteiger partial charge in [0.15, 0.2) is 0 Å². The van der Waals surface area contributed by atoms with Crippen molar-refractivity contribution in [2.45, 2.75) is 51.2 Å². The fourth-order valence-corrected chi connectivity index (χ4v) is 5.04. The van der Waals surface area contributed by atoms with Crippen LogP contribution < -0.4 is 5.32 Å². The van der Waals surface area contributed by atoms with Crippen LogP contribution >= 0.6 is 0 Å². The number of carbonyl (C=O) groups excluding carboxylic acids is 2. The van der Waals surface area contributed by atoms with Crippen molar-refractivity contribution in [1.82, 2.24) is 20.0 Å². The largest absolute Gasteiger partial charge is 0.351 e. The lowest BCUT2D eigenvalue weighted by atomic mass is 9.93. The molecular weight excluding hydrogens is 443 g/mol. The van der Waals surface area contributed by atoms with Crippen LogP contribution in [0.25, 0.3) is 0 Å². The predicted molar refractivity (Wildman–Crippen MR) is 135 cm³/mol. The van der Waals surface area contributed by atoms with E-state index in [1.54, 1.807) is 12.1 Å². The highest BCUT2D eigenvalue weighted by Gasteiger charge is 2.28. The van der Waals surface area contributed by atoms with E-state index in [2.05, 4.69) is 15.1 Å². The van der Waals surface area contributed by atoms with Crippen molar-refractivity contribution in [2.75, 3.05) is 39.3 Å². The second-order valence-corrected chi connectivity index (χ2v) is 9.75. The minimum atomic E-state index is -0.254. The van der Waals surface area contributed by atoms with Crippen molar-refractivity contribution in [2.24, 2.45) is 0 Å². The molecule has 188 valence electrons. The molecule has 0 spiro atoms. The highest BCUT2D eigenvalue weighted by Crippen LogP contribution is 2.24. The predicted octanol–water partition coefficient (Wildman–Crippen LogP) is 3.42. The zero-order valence-corrected chi connectivity index (χ0v) is 20.5. The van der Waals surface area contributed by atoms with E-state index in [0.717, 1.165) is 63.0 Å². The van der Waals surface area contributed by atoms with Crippen molar-refractivity contribution in [3.63, 3.8) is 0 Å². The van der Waals surface area contributed by atoms with Crippen LogP contribution in [0.5, 0.6) is 0 Å². The van der Waals surface area contributed by atoms with Gasteiger partial charge < -0.3 is 10.2 Å². The first-order chi connectivity index (χ1) is 17.1. The third-order valence-corrected chi connectivity index (χ3v) is 7.13. The first-order valence-electron chi connectivity index (χ1n) is 12.9. The zero-order chi connectivity index (χ0) is 24.5. The van der Waals surface area contributed by atoms with E-state index < -0.39 is 0 Å². The van der Waals surface area contributed by atoms with Gasteiger partial charge in [0, 0.05) is 45.3 Å². The summed E-state index contributed by atoms with van der Waals surface area (Å²) in [5.41, 5.74) is 2.06. The quantitative estimate of drug-likeness (QED) is 0.598. The maximum atomic E-state index is 13.4. The number of benzene rings is 2. The van der Waals surface area contributed by atoms with Gasteiger partial charge in [0.05, 0.1) is 13.1 Å². The second-order valence-electron chi connectivity index (χ2n) is 9.75. The van der Waals surface area contributed by atoms with E-state index in [0.29, 0.717) is 26.2 Å². The molecule has 7 heteroatoms. The summed E-state index contributed by atoms with van der Waals surface area (Å²) in [5, 5.41) is 2.99. The standard InChI is InChI=1S/C28H37FN4O2/c29-25-13-11-24(12-14-25)20-33(26-9-5-2-6-10-26)28(35)22-32-17-15-31(16-18-32)21-27(34)30-19-23-7-3-1-4-8-23/h1,3-4,7-8,11-14,26H,2,5-6,9-10,15-22H2,(H,30,34). The minimum absolute atomic E-state index is 0.0288. The molecule has 1 aliphatic heterocycles. The molecule has 2 aromatic carbocycles. The monoisotopic (exact) mass is 480 g/mol. The summed E-state index contributed by atoms with van der Waals surface area (Å²) < 4.78 is 13.4. The third-order valence-electron chi connectivity index (χ3n) is 7.13. The van der Waals surface area contributed by atoms with Gasteiger partial charge in [-0.05, 0) is 36.1 Å². The normalized spacial score (nSPS) is 17.7. The van der Waals surface area contributed by atoms with Crippen molar-refractivity contribution in [3.8, 4) is 0 Å². The first-order valence-corrected chi connectivity index (χ1v) is 12.9. The molecule has 2 amide bonds. The van der Waals surface area contributed by atoms with Crippen LogP contribution in [-0.4, -0.2) is 71.8 Å². The molecule has 4 rings (SSSR count). The lowest BCUT2D eigenvalue weighted by Crippen LogP contribution is -2.53. The average molecular weight is 481 g/mol. The van der Waals surface area contributed by atoms with Crippen LogP contribution in [0.1, 0.15) is 43.2 Å². The Hall–Kier alpha value is -2.77. The summed E-state index contributed by atoms with van der Waals surface area (Å²) in [6.07, 6.45) is 5.62. The van der Waals surface area contributed by atoms with Gasteiger partial charge in [0.1, 0.15) is 5.82 Å². The van der Waals surface area contributed by atoms with E-state index in [9.17, 15) is 14.0 Å². The molecule has 35 heavy (non-hydrogen) atoms. The zero-order valence-electron chi connectivity index (χ0n) is 20.5. The highest BCUT2D eigenvalue weighted by molar-refractivity contribution is 5.79. The molecule has 1 aliphatic carbocycles. The molecule has 6 nitrogen and oxygen atoms in total. The topological polar surface area (TPSA) is 55.9 Å². The van der Waals surface area contributed by atoms with E-state index in [1.807, 2.05) is 35.2 Å². The molecule has 1 N–H and O–H groups in total. The Balaban J connectivity index is 1.24. The Kier molecular flexibility index (Phi) is 9.26. The Bertz CT molecular complexity index is 939. The summed E-state index contributed by atoms with van der Waals surface area (Å²) >= 11 is 0. The average Bonchev–Trinajstić information content (AvgIpc) is 2.89. The fourth-order valence-electron chi connectivity index (χ4n) is 5.04. The van der Waals surface area contributed by atoms with Gasteiger partial charge in [-0.2, -0.15) is 0 Å². The number of rotatable bonds is 9. The number of hydrogen-bond acceptors (Lipinski definition) is 4. The number of nitrogens with zero attached hydrogens (tertiary/aromatic N) is 3. The van der Waals surface area contributed by atoms with Crippen LogP contribution in [0.15, 0.2) is 54.6 Å². The van der Waals surface area contributed by atoms with Gasteiger partial charge in [-0.3, -0.25) is 19.4 Å². The summed E-state index contributed by atoms with van der Waals surface area (Å²) in [7, 11) is 0. The maximum Gasteiger partial charge on any atom is 0.237 e. The van der Waals surface area contributed by atoms with Crippen LogP contribution in [0.2, 0.25) is 0 Å². The SMILES string of the molecule is O=C(CN1CCN(CC(=O)N(Cc2ccc(F)cc2)C2CCCCC2)CC1)NCc1ccccc1. The van der Waals surface area contributed by atoms with Crippen LogP contribution in [0.4, 0.5) is 4.39 Å². The van der Waals surface area contributed by atoms with E-state index in [4.69, 9.17) is 0 Å². The Morgan fingerprint density at radius 2 is 1.46 bits per heavy atom. The highest BCUT2D eigenvalue weighted by atomic mass is 19.1. The summed E-state index contributed by atoms with van der Waals surface area (Å²) in [6.45, 7) is 4.93. The molecule has 1 saturated carbocycles. The third kappa shape index (κ3) is 7.87. The maximum absolute atomic E-state index is 13.4. The molecule has 2 aliphatic rings. The number of halogens is 1. The van der Waals surface area contributed by atoms with Gasteiger partial charge in [0.25, 0.3) is 0 Å². The molecule has 0 bridgehead atoms. The molecule has 1 saturated heterocycles. The Morgan fingerprint density at radius 3 is 2.11 bits per heavy atom. The molecule has 2 aromatic rings. The van der Waals surface area contributed by atoms with Crippen molar-refractivity contribution in [1.29, 1.82) is 0 Å². The van der Waals surface area contributed by atoms with Crippen LogP contribution in [0.3, 0.4) is 0 Å².